The van der Waals surface area contributed by atoms with Crippen molar-refractivity contribution in [1.29, 1.82) is 0 Å². The number of nitrogens with one attached hydrogen (secondary N) is 2. The fourth-order valence-corrected chi connectivity index (χ4v) is 3.30. The summed E-state index contributed by atoms with van der Waals surface area (Å²) in [6.07, 6.45) is -0.893. The smallest absolute Gasteiger partial charge is 0.305 e. The number of rotatable bonds is 4. The average molecular weight is 429 g/mol. The minimum absolute atomic E-state index is 0.213. The number of amides is 2. The van der Waals surface area contributed by atoms with Crippen LogP contribution in [0.4, 0.5) is 0 Å². The van der Waals surface area contributed by atoms with Crippen molar-refractivity contribution >= 4 is 34.4 Å². The van der Waals surface area contributed by atoms with Gasteiger partial charge in [-0.05, 0) is 63.1 Å². The molecule has 0 radical (unpaired) electrons. The second-order valence-electron chi connectivity index (χ2n) is 7.05. The van der Waals surface area contributed by atoms with Gasteiger partial charge in [0.25, 0.3) is 5.91 Å². The van der Waals surface area contributed by atoms with Crippen LogP contribution in [-0.4, -0.2) is 17.9 Å². The molecule has 0 aliphatic carbocycles. The fraction of sp³-hybridized carbons (Fsp3) is 0.227. The number of aryl methyl sites for hydroxylation is 3. The van der Waals surface area contributed by atoms with Crippen molar-refractivity contribution in [2.45, 2.75) is 33.8 Å². The first-order chi connectivity index (χ1) is 14.2. The molecule has 2 aromatic carbocycles. The molecule has 2 amide bonds. The van der Waals surface area contributed by atoms with E-state index in [2.05, 4.69) is 10.9 Å². The van der Waals surface area contributed by atoms with E-state index < -0.39 is 17.9 Å². The zero-order valence-corrected chi connectivity index (χ0v) is 17.7. The lowest BCUT2D eigenvalue weighted by Crippen LogP contribution is -2.47. The summed E-state index contributed by atoms with van der Waals surface area (Å²) in [7, 11) is 0. The van der Waals surface area contributed by atoms with E-state index in [9.17, 15) is 14.4 Å². The van der Waals surface area contributed by atoms with Gasteiger partial charge in [0, 0.05) is 11.1 Å². The Bertz CT molecular complexity index is 1180. The average Bonchev–Trinajstić information content (AvgIpc) is 2.68. The van der Waals surface area contributed by atoms with Crippen LogP contribution in [0.5, 0.6) is 5.75 Å². The SMILES string of the molecule is Cc1ccc2oc(C(=O)NNC(=O)C(C)Oc3c(C)cc(Cl)cc3C)cc(=O)c2c1. The van der Waals surface area contributed by atoms with Crippen LogP contribution in [0.15, 0.2) is 45.6 Å². The highest BCUT2D eigenvalue weighted by Gasteiger charge is 2.19. The molecule has 0 bridgehead atoms. The summed E-state index contributed by atoms with van der Waals surface area (Å²) in [6, 6.07) is 9.63. The van der Waals surface area contributed by atoms with Crippen LogP contribution in [0.3, 0.4) is 0 Å². The Kier molecular flexibility index (Phi) is 6.12. The van der Waals surface area contributed by atoms with Crippen molar-refractivity contribution in [2.75, 3.05) is 0 Å². The van der Waals surface area contributed by atoms with Crippen LogP contribution in [0.1, 0.15) is 34.2 Å². The molecule has 1 atom stereocenters. The van der Waals surface area contributed by atoms with Gasteiger partial charge in [-0.1, -0.05) is 23.2 Å². The summed E-state index contributed by atoms with van der Waals surface area (Å²) < 4.78 is 11.2. The van der Waals surface area contributed by atoms with Gasteiger partial charge >= 0.3 is 5.91 Å². The standard InChI is InChI=1S/C22H21ClN2O5/c1-11-5-6-18-16(7-11)17(26)10-19(30-18)22(28)25-24-21(27)14(4)29-20-12(2)8-15(23)9-13(20)3/h5-10,14H,1-4H3,(H,24,27)(H,25,28). The first-order valence-corrected chi connectivity index (χ1v) is 9.61. The number of hydrogen-bond donors (Lipinski definition) is 2. The van der Waals surface area contributed by atoms with Crippen LogP contribution in [0.2, 0.25) is 5.02 Å². The maximum Gasteiger partial charge on any atom is 0.305 e. The lowest BCUT2D eigenvalue weighted by Gasteiger charge is -2.18. The molecule has 3 rings (SSSR count). The van der Waals surface area contributed by atoms with Gasteiger partial charge in [0.1, 0.15) is 11.3 Å². The van der Waals surface area contributed by atoms with Gasteiger partial charge in [-0.2, -0.15) is 0 Å². The van der Waals surface area contributed by atoms with Gasteiger partial charge in [-0.15, -0.1) is 0 Å². The van der Waals surface area contributed by atoms with Crippen LogP contribution in [0, 0.1) is 20.8 Å². The molecule has 8 heteroatoms. The van der Waals surface area contributed by atoms with Crippen molar-refractivity contribution in [3.8, 4) is 5.75 Å². The van der Waals surface area contributed by atoms with Crippen molar-refractivity contribution in [3.05, 3.63) is 74.1 Å². The predicted molar refractivity (Wildman–Crippen MR) is 114 cm³/mol. The second-order valence-corrected chi connectivity index (χ2v) is 7.48. The van der Waals surface area contributed by atoms with Crippen LogP contribution < -0.4 is 21.0 Å². The first-order valence-electron chi connectivity index (χ1n) is 9.24. The van der Waals surface area contributed by atoms with Crippen molar-refractivity contribution in [1.82, 2.24) is 10.9 Å². The van der Waals surface area contributed by atoms with E-state index in [0.29, 0.717) is 16.2 Å². The number of ether oxygens (including phenoxy) is 1. The number of benzene rings is 2. The molecule has 1 aromatic heterocycles. The Hall–Kier alpha value is -3.32. The largest absolute Gasteiger partial charge is 0.480 e. The van der Waals surface area contributed by atoms with E-state index in [-0.39, 0.29) is 16.8 Å². The number of hydrogen-bond acceptors (Lipinski definition) is 5. The minimum atomic E-state index is -0.893. The van der Waals surface area contributed by atoms with E-state index in [1.807, 2.05) is 20.8 Å². The van der Waals surface area contributed by atoms with Crippen LogP contribution in [0.25, 0.3) is 11.0 Å². The molecule has 0 saturated carbocycles. The Balaban J connectivity index is 1.67. The Labute approximate surface area is 178 Å². The minimum Gasteiger partial charge on any atom is -0.480 e. The van der Waals surface area contributed by atoms with Crippen LogP contribution in [-0.2, 0) is 4.79 Å². The Morgan fingerprint density at radius 3 is 2.37 bits per heavy atom. The van der Waals surface area contributed by atoms with E-state index in [0.717, 1.165) is 22.8 Å². The van der Waals surface area contributed by atoms with Crippen LogP contribution >= 0.6 is 11.6 Å². The van der Waals surface area contributed by atoms with Crippen molar-refractivity contribution in [2.24, 2.45) is 0 Å². The van der Waals surface area contributed by atoms with Gasteiger partial charge in [-0.3, -0.25) is 25.2 Å². The summed E-state index contributed by atoms with van der Waals surface area (Å²) in [4.78, 5) is 36.9. The molecule has 1 unspecified atom stereocenters. The van der Waals surface area contributed by atoms with E-state index in [1.165, 1.54) is 0 Å². The highest BCUT2D eigenvalue weighted by molar-refractivity contribution is 6.30. The molecule has 0 aliphatic rings. The first kappa shape index (κ1) is 21.4. The van der Waals surface area contributed by atoms with Gasteiger partial charge in [-0.25, -0.2) is 0 Å². The van der Waals surface area contributed by atoms with E-state index in [4.69, 9.17) is 20.8 Å². The highest BCUT2D eigenvalue weighted by atomic mass is 35.5. The topological polar surface area (TPSA) is 97.6 Å². The molecule has 30 heavy (non-hydrogen) atoms. The molecular formula is C22H21ClN2O5. The summed E-state index contributed by atoms with van der Waals surface area (Å²) >= 11 is 6.01. The Morgan fingerprint density at radius 1 is 1.03 bits per heavy atom. The lowest BCUT2D eigenvalue weighted by atomic mass is 10.1. The molecule has 0 saturated heterocycles. The highest BCUT2D eigenvalue weighted by Crippen LogP contribution is 2.27. The zero-order valence-electron chi connectivity index (χ0n) is 17.0. The molecular weight excluding hydrogens is 408 g/mol. The summed E-state index contributed by atoms with van der Waals surface area (Å²) in [6.45, 7) is 7.05. The van der Waals surface area contributed by atoms with E-state index >= 15 is 0 Å². The molecule has 3 aromatic rings. The third kappa shape index (κ3) is 4.63. The Morgan fingerprint density at radius 2 is 1.70 bits per heavy atom. The second kappa shape index (κ2) is 8.59. The molecule has 7 nitrogen and oxygen atoms in total. The van der Waals surface area contributed by atoms with Gasteiger partial charge in [0.15, 0.2) is 17.3 Å². The van der Waals surface area contributed by atoms with E-state index in [1.54, 1.807) is 37.3 Å². The normalized spacial score (nSPS) is 11.8. The molecule has 0 fully saturated rings. The third-order valence-electron chi connectivity index (χ3n) is 4.49. The molecule has 2 N–H and O–H groups in total. The number of hydrazine groups is 1. The van der Waals surface area contributed by atoms with Gasteiger partial charge < -0.3 is 9.15 Å². The maximum absolute atomic E-state index is 12.3. The monoisotopic (exact) mass is 428 g/mol. The summed E-state index contributed by atoms with van der Waals surface area (Å²) in [5.41, 5.74) is 6.93. The summed E-state index contributed by atoms with van der Waals surface area (Å²) in [5.74, 6) is -0.997. The lowest BCUT2D eigenvalue weighted by molar-refractivity contribution is -0.128. The number of carbonyl (C=O) groups excluding carboxylic acids is 2. The molecule has 156 valence electrons. The fourth-order valence-electron chi connectivity index (χ4n) is 2.98. The quantitative estimate of drug-likeness (QED) is 0.619. The number of halogens is 1. The van der Waals surface area contributed by atoms with Gasteiger partial charge in [0.05, 0.1) is 5.39 Å². The molecule has 1 heterocycles. The van der Waals surface area contributed by atoms with Crippen molar-refractivity contribution in [3.63, 3.8) is 0 Å². The predicted octanol–water partition coefficient (Wildman–Crippen LogP) is 3.60. The third-order valence-corrected chi connectivity index (χ3v) is 4.71. The molecule has 0 aliphatic heterocycles. The number of fused-ring (bicyclic) bond motifs is 1. The molecule has 0 spiro atoms. The number of carbonyl (C=O) groups is 2. The van der Waals surface area contributed by atoms with Gasteiger partial charge in [0.2, 0.25) is 0 Å². The zero-order chi connectivity index (χ0) is 22.0. The maximum atomic E-state index is 12.3. The van der Waals surface area contributed by atoms with Crippen molar-refractivity contribution < 1.29 is 18.7 Å². The summed E-state index contributed by atoms with van der Waals surface area (Å²) in [5, 5.41) is 0.958.